The maximum absolute atomic E-state index is 12.4. The second kappa shape index (κ2) is 6.89. The quantitative estimate of drug-likeness (QED) is 0.584. The molecule has 0 aliphatic heterocycles. The third-order valence-electron chi connectivity index (χ3n) is 3.07. The zero-order valence-electron chi connectivity index (χ0n) is 11.6. The van der Waals surface area contributed by atoms with Crippen molar-refractivity contribution in [2.45, 2.75) is 6.54 Å². The number of nitrogens with zero attached hydrogens (tertiary/aromatic N) is 2. The normalized spacial score (nSPS) is 10.3. The molecule has 0 radical (unpaired) electrons. The minimum absolute atomic E-state index is 0.0222. The monoisotopic (exact) mass is 382 g/mol. The standard InChI is InChI=1S/C15H12BrClN2O3/c1-18(9-10-2-4-11(16)5-3-10)15(20)13-7-6-12(17)8-14(13)19(21)22/h2-8H,9H2,1H3. The Labute approximate surface area is 140 Å². The molecule has 5 nitrogen and oxygen atoms in total. The largest absolute Gasteiger partial charge is 0.337 e. The van der Waals surface area contributed by atoms with Crippen LogP contribution in [0.4, 0.5) is 5.69 Å². The second-order valence-electron chi connectivity index (χ2n) is 4.71. The van der Waals surface area contributed by atoms with Gasteiger partial charge in [-0.15, -0.1) is 0 Å². The van der Waals surface area contributed by atoms with Crippen molar-refractivity contribution >= 4 is 39.1 Å². The van der Waals surface area contributed by atoms with E-state index in [1.54, 1.807) is 7.05 Å². The van der Waals surface area contributed by atoms with Gasteiger partial charge in [0.05, 0.1) is 4.92 Å². The minimum Gasteiger partial charge on any atom is -0.337 e. The molecule has 0 saturated carbocycles. The molecule has 2 aromatic rings. The molecule has 0 aromatic heterocycles. The summed E-state index contributed by atoms with van der Waals surface area (Å²) in [5, 5.41) is 11.3. The molecule has 0 fully saturated rings. The van der Waals surface area contributed by atoms with E-state index in [2.05, 4.69) is 15.9 Å². The van der Waals surface area contributed by atoms with Crippen LogP contribution >= 0.6 is 27.5 Å². The molecule has 0 aliphatic rings. The molecule has 0 spiro atoms. The Balaban J connectivity index is 2.24. The lowest BCUT2D eigenvalue weighted by Crippen LogP contribution is -2.26. The van der Waals surface area contributed by atoms with Crippen LogP contribution in [0.2, 0.25) is 5.02 Å². The van der Waals surface area contributed by atoms with Gasteiger partial charge in [-0.1, -0.05) is 39.7 Å². The molecule has 0 N–H and O–H groups in total. The number of nitro groups is 1. The predicted octanol–water partition coefficient (Wildman–Crippen LogP) is 4.28. The lowest BCUT2D eigenvalue weighted by atomic mass is 10.1. The van der Waals surface area contributed by atoms with Gasteiger partial charge in [0, 0.05) is 29.2 Å². The Kier molecular flexibility index (Phi) is 5.15. The molecule has 22 heavy (non-hydrogen) atoms. The first-order chi connectivity index (χ1) is 10.4. The Morgan fingerprint density at radius 2 is 1.91 bits per heavy atom. The third kappa shape index (κ3) is 3.84. The predicted molar refractivity (Wildman–Crippen MR) is 88.0 cm³/mol. The van der Waals surface area contributed by atoms with Crippen LogP contribution in [-0.4, -0.2) is 22.8 Å². The average molecular weight is 384 g/mol. The number of amides is 1. The molecule has 0 unspecified atom stereocenters. The summed E-state index contributed by atoms with van der Waals surface area (Å²) in [7, 11) is 1.60. The Morgan fingerprint density at radius 1 is 1.27 bits per heavy atom. The SMILES string of the molecule is CN(Cc1ccc(Br)cc1)C(=O)c1ccc(Cl)cc1[N+](=O)[O-]. The van der Waals surface area contributed by atoms with Crippen molar-refractivity contribution in [1.82, 2.24) is 4.90 Å². The van der Waals surface area contributed by atoms with E-state index < -0.39 is 10.8 Å². The van der Waals surface area contributed by atoms with Gasteiger partial charge < -0.3 is 4.90 Å². The number of benzene rings is 2. The number of rotatable bonds is 4. The average Bonchev–Trinajstić information content (AvgIpc) is 2.48. The van der Waals surface area contributed by atoms with E-state index in [0.29, 0.717) is 6.54 Å². The zero-order valence-corrected chi connectivity index (χ0v) is 14.0. The second-order valence-corrected chi connectivity index (χ2v) is 6.06. The molecule has 2 aromatic carbocycles. The Hall–Kier alpha value is -1.92. The first-order valence-corrected chi connectivity index (χ1v) is 7.49. The van der Waals surface area contributed by atoms with Crippen LogP contribution in [0.1, 0.15) is 15.9 Å². The van der Waals surface area contributed by atoms with E-state index in [1.807, 2.05) is 24.3 Å². The number of hydrogen-bond donors (Lipinski definition) is 0. The van der Waals surface area contributed by atoms with Gasteiger partial charge in [-0.3, -0.25) is 14.9 Å². The highest BCUT2D eigenvalue weighted by atomic mass is 79.9. The fourth-order valence-electron chi connectivity index (χ4n) is 1.98. The smallest absolute Gasteiger partial charge is 0.283 e. The molecule has 0 saturated heterocycles. The van der Waals surface area contributed by atoms with Crippen molar-refractivity contribution in [2.24, 2.45) is 0 Å². The number of halogens is 2. The number of nitro benzene ring substituents is 1. The van der Waals surface area contributed by atoms with E-state index >= 15 is 0 Å². The van der Waals surface area contributed by atoms with E-state index in [1.165, 1.54) is 23.1 Å². The first kappa shape index (κ1) is 16.5. The number of carbonyl (C=O) groups is 1. The van der Waals surface area contributed by atoms with Crippen molar-refractivity contribution in [3.63, 3.8) is 0 Å². The molecule has 0 heterocycles. The molecule has 114 valence electrons. The lowest BCUT2D eigenvalue weighted by Gasteiger charge is -2.17. The Morgan fingerprint density at radius 3 is 2.50 bits per heavy atom. The summed E-state index contributed by atoms with van der Waals surface area (Å²) < 4.78 is 0.943. The van der Waals surface area contributed by atoms with Crippen LogP contribution in [0, 0.1) is 10.1 Å². The van der Waals surface area contributed by atoms with Crippen LogP contribution in [0.5, 0.6) is 0 Å². The van der Waals surface area contributed by atoms with Crippen LogP contribution in [0.15, 0.2) is 46.9 Å². The fourth-order valence-corrected chi connectivity index (χ4v) is 2.41. The highest BCUT2D eigenvalue weighted by Crippen LogP contribution is 2.24. The molecule has 0 aliphatic carbocycles. The van der Waals surface area contributed by atoms with Gasteiger partial charge in [-0.25, -0.2) is 0 Å². The van der Waals surface area contributed by atoms with Crippen LogP contribution in [-0.2, 0) is 6.54 Å². The Bertz CT molecular complexity index is 719. The minimum atomic E-state index is -0.605. The van der Waals surface area contributed by atoms with E-state index in [-0.39, 0.29) is 16.3 Å². The van der Waals surface area contributed by atoms with Gasteiger partial charge in [0.2, 0.25) is 0 Å². The third-order valence-corrected chi connectivity index (χ3v) is 3.83. The van der Waals surface area contributed by atoms with Crippen LogP contribution in [0.3, 0.4) is 0 Å². The van der Waals surface area contributed by atoms with Crippen molar-refractivity contribution < 1.29 is 9.72 Å². The van der Waals surface area contributed by atoms with Gasteiger partial charge in [0.1, 0.15) is 5.56 Å². The molecular formula is C15H12BrClN2O3. The van der Waals surface area contributed by atoms with E-state index in [4.69, 9.17) is 11.6 Å². The molecule has 2 rings (SSSR count). The van der Waals surface area contributed by atoms with Crippen LogP contribution < -0.4 is 0 Å². The molecule has 0 bridgehead atoms. The van der Waals surface area contributed by atoms with Gasteiger partial charge in [-0.2, -0.15) is 0 Å². The van der Waals surface area contributed by atoms with E-state index in [0.717, 1.165) is 10.0 Å². The van der Waals surface area contributed by atoms with Gasteiger partial charge in [0.15, 0.2) is 0 Å². The summed E-state index contributed by atoms with van der Waals surface area (Å²) in [5.41, 5.74) is 0.657. The summed E-state index contributed by atoms with van der Waals surface area (Å²) >= 11 is 9.10. The maximum atomic E-state index is 12.4. The summed E-state index contributed by atoms with van der Waals surface area (Å²) in [6.45, 7) is 0.353. The van der Waals surface area contributed by atoms with Crippen molar-refractivity contribution in [1.29, 1.82) is 0 Å². The van der Waals surface area contributed by atoms with Gasteiger partial charge in [0.25, 0.3) is 11.6 Å². The lowest BCUT2D eigenvalue weighted by molar-refractivity contribution is -0.385. The van der Waals surface area contributed by atoms with Crippen molar-refractivity contribution in [3.05, 3.63) is 73.2 Å². The number of carbonyl (C=O) groups excluding carboxylic acids is 1. The van der Waals surface area contributed by atoms with Crippen LogP contribution in [0.25, 0.3) is 0 Å². The zero-order chi connectivity index (χ0) is 16.3. The maximum Gasteiger partial charge on any atom is 0.283 e. The highest BCUT2D eigenvalue weighted by Gasteiger charge is 2.23. The van der Waals surface area contributed by atoms with Gasteiger partial charge in [-0.05, 0) is 29.8 Å². The molecular weight excluding hydrogens is 372 g/mol. The number of hydrogen-bond acceptors (Lipinski definition) is 3. The van der Waals surface area contributed by atoms with Crippen molar-refractivity contribution in [3.8, 4) is 0 Å². The topological polar surface area (TPSA) is 63.5 Å². The van der Waals surface area contributed by atoms with Gasteiger partial charge >= 0.3 is 0 Å². The fraction of sp³-hybridized carbons (Fsp3) is 0.133. The van der Waals surface area contributed by atoms with Crippen molar-refractivity contribution in [2.75, 3.05) is 7.05 Å². The highest BCUT2D eigenvalue weighted by molar-refractivity contribution is 9.10. The summed E-state index contributed by atoms with van der Waals surface area (Å²) in [4.78, 5) is 24.3. The summed E-state index contributed by atoms with van der Waals surface area (Å²) in [6.07, 6.45) is 0. The summed E-state index contributed by atoms with van der Waals surface area (Å²) in [5.74, 6) is -0.425. The molecule has 1 amide bonds. The summed E-state index contributed by atoms with van der Waals surface area (Å²) in [6, 6.07) is 11.5. The van der Waals surface area contributed by atoms with E-state index in [9.17, 15) is 14.9 Å². The molecule has 7 heteroatoms. The first-order valence-electron chi connectivity index (χ1n) is 6.32. The molecule has 0 atom stereocenters.